The Morgan fingerprint density at radius 1 is 1.38 bits per heavy atom. The smallest absolute Gasteiger partial charge is 0.416 e. The summed E-state index contributed by atoms with van der Waals surface area (Å²) in [5.41, 5.74) is 1.11. The van der Waals surface area contributed by atoms with E-state index in [1.807, 2.05) is 37.3 Å². The van der Waals surface area contributed by atoms with Crippen molar-refractivity contribution >= 4 is 12.0 Å². The van der Waals surface area contributed by atoms with E-state index in [9.17, 15) is 9.59 Å². The summed E-state index contributed by atoms with van der Waals surface area (Å²) in [4.78, 5) is 25.7. The number of benzene rings is 1. The third-order valence-corrected chi connectivity index (χ3v) is 3.92. The molecule has 2 atom stereocenters. The Labute approximate surface area is 126 Å². The first-order valence-electron chi connectivity index (χ1n) is 7.67. The van der Waals surface area contributed by atoms with Gasteiger partial charge in [0.2, 0.25) is 5.91 Å². The van der Waals surface area contributed by atoms with Gasteiger partial charge in [0.1, 0.15) is 6.61 Å². The number of amides is 2. The summed E-state index contributed by atoms with van der Waals surface area (Å²) in [5, 5.41) is 0. The SMILES string of the molecule is CCCCC(C)C(=O)N1C(=O)OCC1Cc1ccccc1. The Kier molecular flexibility index (Phi) is 5.37. The Hall–Kier alpha value is -1.84. The van der Waals surface area contributed by atoms with Gasteiger partial charge in [0.15, 0.2) is 0 Å². The van der Waals surface area contributed by atoms with Crippen molar-refractivity contribution in [1.29, 1.82) is 0 Å². The van der Waals surface area contributed by atoms with Crippen LogP contribution in [0.3, 0.4) is 0 Å². The van der Waals surface area contributed by atoms with E-state index >= 15 is 0 Å². The number of carbonyl (C=O) groups is 2. The summed E-state index contributed by atoms with van der Waals surface area (Å²) in [5.74, 6) is -0.235. The Morgan fingerprint density at radius 3 is 2.76 bits per heavy atom. The summed E-state index contributed by atoms with van der Waals surface area (Å²) in [7, 11) is 0. The number of hydrogen-bond donors (Lipinski definition) is 0. The fraction of sp³-hybridized carbons (Fsp3) is 0.529. The molecule has 1 saturated heterocycles. The van der Waals surface area contributed by atoms with Gasteiger partial charge < -0.3 is 4.74 Å². The van der Waals surface area contributed by atoms with E-state index in [0.29, 0.717) is 13.0 Å². The molecule has 0 bridgehead atoms. The molecule has 0 saturated carbocycles. The monoisotopic (exact) mass is 289 g/mol. The summed E-state index contributed by atoms with van der Waals surface area (Å²) < 4.78 is 5.09. The molecule has 0 radical (unpaired) electrons. The van der Waals surface area contributed by atoms with Gasteiger partial charge in [-0.15, -0.1) is 0 Å². The minimum absolute atomic E-state index is 0.105. The number of nitrogens with zero attached hydrogens (tertiary/aromatic N) is 1. The number of rotatable bonds is 6. The van der Waals surface area contributed by atoms with Gasteiger partial charge >= 0.3 is 6.09 Å². The predicted octanol–water partition coefficient (Wildman–Crippen LogP) is 3.40. The molecule has 2 unspecified atom stereocenters. The average molecular weight is 289 g/mol. The zero-order valence-electron chi connectivity index (χ0n) is 12.7. The van der Waals surface area contributed by atoms with Gasteiger partial charge in [0, 0.05) is 5.92 Å². The van der Waals surface area contributed by atoms with Gasteiger partial charge in [-0.1, -0.05) is 57.0 Å². The second kappa shape index (κ2) is 7.25. The molecule has 114 valence electrons. The van der Waals surface area contributed by atoms with Crippen molar-refractivity contribution in [2.24, 2.45) is 5.92 Å². The first-order valence-corrected chi connectivity index (χ1v) is 7.67. The minimum Gasteiger partial charge on any atom is -0.447 e. The van der Waals surface area contributed by atoms with Crippen LogP contribution < -0.4 is 0 Å². The molecule has 0 spiro atoms. The van der Waals surface area contributed by atoms with Crippen LogP contribution in [0.5, 0.6) is 0 Å². The van der Waals surface area contributed by atoms with Crippen LogP contribution in [-0.2, 0) is 16.0 Å². The molecule has 0 N–H and O–H groups in total. The van der Waals surface area contributed by atoms with Crippen LogP contribution >= 0.6 is 0 Å². The molecule has 2 rings (SSSR count). The maximum Gasteiger partial charge on any atom is 0.416 e. The van der Waals surface area contributed by atoms with Crippen LogP contribution in [0, 0.1) is 5.92 Å². The largest absolute Gasteiger partial charge is 0.447 e. The second-order valence-corrected chi connectivity index (χ2v) is 5.67. The van der Waals surface area contributed by atoms with Gasteiger partial charge in [0.25, 0.3) is 0 Å². The number of ether oxygens (including phenoxy) is 1. The van der Waals surface area contributed by atoms with Crippen molar-refractivity contribution < 1.29 is 14.3 Å². The molecular weight excluding hydrogens is 266 g/mol. The number of hydrogen-bond acceptors (Lipinski definition) is 3. The van der Waals surface area contributed by atoms with E-state index in [-0.39, 0.29) is 17.9 Å². The third kappa shape index (κ3) is 3.84. The highest BCUT2D eigenvalue weighted by atomic mass is 16.6. The van der Waals surface area contributed by atoms with Gasteiger partial charge in [-0.3, -0.25) is 4.79 Å². The maximum absolute atomic E-state index is 12.5. The zero-order valence-corrected chi connectivity index (χ0v) is 12.7. The molecule has 1 aromatic carbocycles. The lowest BCUT2D eigenvalue weighted by Crippen LogP contribution is -2.43. The highest BCUT2D eigenvalue weighted by molar-refractivity contribution is 5.94. The van der Waals surface area contributed by atoms with E-state index in [1.54, 1.807) is 0 Å². The molecule has 0 aromatic heterocycles. The first kappa shape index (κ1) is 15.5. The Bertz CT molecular complexity index is 486. The highest BCUT2D eigenvalue weighted by Gasteiger charge is 2.39. The molecule has 4 nitrogen and oxygen atoms in total. The van der Waals surface area contributed by atoms with Crippen LogP contribution in [0.25, 0.3) is 0 Å². The van der Waals surface area contributed by atoms with Gasteiger partial charge in [0.05, 0.1) is 6.04 Å². The van der Waals surface area contributed by atoms with E-state index in [1.165, 1.54) is 4.90 Å². The highest BCUT2D eigenvalue weighted by Crippen LogP contribution is 2.21. The number of carbonyl (C=O) groups excluding carboxylic acids is 2. The van der Waals surface area contributed by atoms with E-state index in [0.717, 1.165) is 24.8 Å². The van der Waals surface area contributed by atoms with E-state index < -0.39 is 6.09 Å². The van der Waals surface area contributed by atoms with Crippen molar-refractivity contribution in [3.05, 3.63) is 35.9 Å². The Balaban J connectivity index is 2.04. The van der Waals surface area contributed by atoms with Crippen molar-refractivity contribution in [3.63, 3.8) is 0 Å². The molecule has 1 aliphatic heterocycles. The third-order valence-electron chi connectivity index (χ3n) is 3.92. The molecule has 1 fully saturated rings. The maximum atomic E-state index is 12.5. The van der Waals surface area contributed by atoms with Crippen molar-refractivity contribution in [2.45, 2.75) is 45.6 Å². The fourth-order valence-corrected chi connectivity index (χ4v) is 2.64. The molecule has 2 amide bonds. The quantitative estimate of drug-likeness (QED) is 0.806. The van der Waals surface area contributed by atoms with Crippen molar-refractivity contribution in [3.8, 4) is 0 Å². The summed E-state index contributed by atoms with van der Waals surface area (Å²) in [6.45, 7) is 4.28. The standard InChI is InChI=1S/C17H23NO3/c1-3-4-8-13(2)16(19)18-15(12-21-17(18)20)11-14-9-6-5-7-10-14/h5-7,9-10,13,15H,3-4,8,11-12H2,1-2H3. The second-order valence-electron chi connectivity index (χ2n) is 5.67. The van der Waals surface area contributed by atoms with Crippen molar-refractivity contribution in [1.82, 2.24) is 4.90 Å². The van der Waals surface area contributed by atoms with Crippen LogP contribution in [0.15, 0.2) is 30.3 Å². The molecule has 0 aliphatic carbocycles. The average Bonchev–Trinajstić information content (AvgIpc) is 2.85. The lowest BCUT2D eigenvalue weighted by Gasteiger charge is -2.23. The topological polar surface area (TPSA) is 46.6 Å². The van der Waals surface area contributed by atoms with Crippen molar-refractivity contribution in [2.75, 3.05) is 6.61 Å². The van der Waals surface area contributed by atoms with Crippen LogP contribution in [0.2, 0.25) is 0 Å². The molecule has 1 aromatic rings. The predicted molar refractivity (Wildman–Crippen MR) is 80.8 cm³/mol. The number of cyclic esters (lactones) is 1. The minimum atomic E-state index is -0.496. The lowest BCUT2D eigenvalue weighted by molar-refractivity contribution is -0.133. The summed E-state index contributed by atoms with van der Waals surface area (Å²) in [6, 6.07) is 9.70. The molecule has 4 heteroatoms. The van der Waals surface area contributed by atoms with Gasteiger partial charge in [-0.05, 0) is 18.4 Å². The van der Waals surface area contributed by atoms with E-state index in [4.69, 9.17) is 4.74 Å². The molecule has 21 heavy (non-hydrogen) atoms. The zero-order chi connectivity index (χ0) is 15.2. The fourth-order valence-electron chi connectivity index (χ4n) is 2.64. The van der Waals surface area contributed by atoms with Gasteiger partial charge in [-0.25, -0.2) is 9.69 Å². The number of imide groups is 1. The Morgan fingerprint density at radius 2 is 2.10 bits per heavy atom. The normalized spacial score (nSPS) is 19.4. The molecular formula is C17H23NO3. The van der Waals surface area contributed by atoms with Crippen LogP contribution in [0.4, 0.5) is 4.79 Å². The van der Waals surface area contributed by atoms with Gasteiger partial charge in [-0.2, -0.15) is 0 Å². The van der Waals surface area contributed by atoms with E-state index in [2.05, 4.69) is 6.92 Å². The summed E-state index contributed by atoms with van der Waals surface area (Å²) in [6.07, 6.45) is 3.02. The molecule has 1 aliphatic rings. The van der Waals surface area contributed by atoms with Crippen LogP contribution in [0.1, 0.15) is 38.7 Å². The first-order chi connectivity index (χ1) is 10.1. The molecule has 1 heterocycles. The summed E-state index contributed by atoms with van der Waals surface area (Å²) >= 11 is 0. The van der Waals surface area contributed by atoms with Crippen LogP contribution in [-0.4, -0.2) is 29.5 Å². The number of unbranched alkanes of at least 4 members (excludes halogenated alkanes) is 1. The lowest BCUT2D eigenvalue weighted by atomic mass is 10.0.